The molecule has 2 bridgehead atoms. The van der Waals surface area contributed by atoms with E-state index in [0.717, 1.165) is 29.7 Å². The Morgan fingerprint density at radius 3 is 2.52 bits per heavy atom. The number of likely N-dealkylation sites (N-methyl/N-ethyl adjacent to an activating group) is 1. The normalized spacial score (nSPS) is 28.6. The number of fused-ring (bicyclic) bond motifs is 1. The number of piperidine rings is 1. The third kappa shape index (κ3) is 2.03. The summed E-state index contributed by atoms with van der Waals surface area (Å²) in [4.78, 5) is 2.14. The maximum Gasteiger partial charge on any atom is 0.417 e. The van der Waals surface area contributed by atoms with Crippen molar-refractivity contribution in [1.29, 1.82) is 5.26 Å². The van der Waals surface area contributed by atoms with Crippen molar-refractivity contribution in [2.45, 2.75) is 24.6 Å². The maximum atomic E-state index is 13.3. The minimum absolute atomic E-state index is 0.0125. The van der Waals surface area contributed by atoms with Gasteiger partial charge in [-0.05, 0) is 43.5 Å². The van der Waals surface area contributed by atoms with Gasteiger partial charge >= 0.3 is 6.18 Å². The molecule has 4 atom stereocenters. The zero-order valence-corrected chi connectivity index (χ0v) is 14.3. The van der Waals surface area contributed by atoms with Crippen molar-refractivity contribution in [3.8, 4) is 23.5 Å². The average Bonchev–Trinajstić information content (AvgIpc) is 3.37. The summed E-state index contributed by atoms with van der Waals surface area (Å²) >= 11 is 0. The highest BCUT2D eigenvalue weighted by Gasteiger charge is 2.61. The second kappa shape index (κ2) is 4.98. The molecule has 3 heterocycles. The van der Waals surface area contributed by atoms with Gasteiger partial charge in [-0.25, -0.2) is 0 Å². The molecule has 0 unspecified atom stereocenters. The highest BCUT2D eigenvalue weighted by molar-refractivity contribution is 5.60. The van der Waals surface area contributed by atoms with Gasteiger partial charge in [-0.1, -0.05) is 0 Å². The molecule has 27 heavy (non-hydrogen) atoms. The third-order valence-electron chi connectivity index (χ3n) is 6.32. The van der Waals surface area contributed by atoms with Gasteiger partial charge < -0.3 is 10.2 Å². The molecular formula is C19H16F3N3O2. The first kappa shape index (κ1) is 16.5. The van der Waals surface area contributed by atoms with Gasteiger partial charge in [0, 0.05) is 29.6 Å². The predicted octanol–water partition coefficient (Wildman–Crippen LogP) is 3.50. The molecule has 2 fully saturated rings. The molecule has 2 aromatic rings. The second-order valence-electron chi connectivity index (χ2n) is 7.70. The van der Waals surface area contributed by atoms with Crippen LogP contribution in [0.15, 0.2) is 18.2 Å². The zero-order valence-electron chi connectivity index (χ0n) is 14.3. The van der Waals surface area contributed by atoms with Crippen molar-refractivity contribution in [2.75, 3.05) is 13.6 Å². The first-order valence-corrected chi connectivity index (χ1v) is 8.72. The SMILES string of the molecule is CN1C[C@H]2c3c(c(O)n(-c4ccc(C#N)c(C(F)(F)F)c4)c3O)[C@@H]1[C@H]1C[C@H]12. The van der Waals surface area contributed by atoms with Gasteiger partial charge in [-0.3, -0.25) is 9.47 Å². The highest BCUT2D eigenvalue weighted by Crippen LogP contribution is 2.68. The largest absolute Gasteiger partial charge is 0.494 e. The average molecular weight is 375 g/mol. The van der Waals surface area contributed by atoms with Gasteiger partial charge in [0.15, 0.2) is 0 Å². The van der Waals surface area contributed by atoms with Crippen LogP contribution in [0.3, 0.4) is 0 Å². The fourth-order valence-corrected chi connectivity index (χ4v) is 5.17. The molecule has 6 rings (SSSR count). The number of nitrogens with zero attached hydrogens (tertiary/aromatic N) is 3. The van der Waals surface area contributed by atoms with Crippen molar-refractivity contribution in [3.05, 3.63) is 40.5 Å². The van der Waals surface area contributed by atoms with E-state index < -0.39 is 17.3 Å². The smallest absolute Gasteiger partial charge is 0.417 e. The molecule has 2 N–H and O–H groups in total. The summed E-state index contributed by atoms with van der Waals surface area (Å²) in [7, 11) is 1.96. The highest BCUT2D eigenvalue weighted by atomic mass is 19.4. The molecule has 0 radical (unpaired) electrons. The molecule has 1 aromatic heterocycles. The molecule has 4 aliphatic rings. The standard InChI is InChI=1S/C19H16F3N3O2/c1-24-7-12-10-5-11(10)16(24)15-14(12)17(26)25(18(15)27)9-3-2-8(6-23)13(4-9)19(20,21)22/h2-4,10-12,16,26-27H,5,7H2,1H3/t10-,11+,12-,16+/m1/s1. The fourth-order valence-electron chi connectivity index (χ4n) is 5.17. The van der Waals surface area contributed by atoms with Gasteiger partial charge in [0.1, 0.15) is 0 Å². The molecule has 140 valence electrons. The lowest BCUT2D eigenvalue weighted by Gasteiger charge is -2.42. The summed E-state index contributed by atoms with van der Waals surface area (Å²) in [6.45, 7) is 0.761. The molecule has 5 nitrogen and oxygen atoms in total. The number of alkyl halides is 3. The predicted molar refractivity (Wildman–Crippen MR) is 88.5 cm³/mol. The molecule has 1 saturated heterocycles. The summed E-state index contributed by atoms with van der Waals surface area (Å²) in [5.41, 5.74) is -0.309. The molecule has 2 aliphatic heterocycles. The maximum absolute atomic E-state index is 13.3. The van der Waals surface area contributed by atoms with E-state index in [-0.39, 0.29) is 29.4 Å². The van der Waals surface area contributed by atoms with Gasteiger partial charge in [-0.15, -0.1) is 0 Å². The number of rotatable bonds is 1. The van der Waals surface area contributed by atoms with E-state index in [4.69, 9.17) is 5.26 Å². The molecule has 2 aliphatic carbocycles. The first-order chi connectivity index (χ1) is 12.7. The number of aromatic hydroxyl groups is 2. The lowest BCUT2D eigenvalue weighted by Crippen LogP contribution is -2.41. The topological polar surface area (TPSA) is 72.4 Å². The van der Waals surface area contributed by atoms with Crippen molar-refractivity contribution >= 4 is 0 Å². The van der Waals surface area contributed by atoms with Crippen LogP contribution in [0.2, 0.25) is 0 Å². The number of hydrogen-bond acceptors (Lipinski definition) is 4. The van der Waals surface area contributed by atoms with E-state index in [1.54, 1.807) is 0 Å². The molecule has 1 saturated carbocycles. The number of hydrogen-bond donors (Lipinski definition) is 2. The van der Waals surface area contributed by atoms with Crippen LogP contribution in [0, 0.1) is 23.2 Å². The number of benzene rings is 1. The second-order valence-corrected chi connectivity index (χ2v) is 7.70. The van der Waals surface area contributed by atoms with E-state index in [9.17, 15) is 23.4 Å². The zero-order chi connectivity index (χ0) is 19.2. The van der Waals surface area contributed by atoms with Gasteiger partial charge in [-0.2, -0.15) is 18.4 Å². The van der Waals surface area contributed by atoms with Crippen LogP contribution in [-0.4, -0.2) is 33.3 Å². The van der Waals surface area contributed by atoms with Gasteiger partial charge in [0.25, 0.3) is 0 Å². The first-order valence-electron chi connectivity index (χ1n) is 8.72. The number of nitriles is 1. The minimum Gasteiger partial charge on any atom is -0.494 e. The van der Waals surface area contributed by atoms with Crippen molar-refractivity contribution in [1.82, 2.24) is 9.47 Å². The Labute approximate surface area is 152 Å². The van der Waals surface area contributed by atoms with Crippen LogP contribution >= 0.6 is 0 Å². The Kier molecular flexibility index (Phi) is 3.05. The summed E-state index contributed by atoms with van der Waals surface area (Å²) < 4.78 is 41.0. The Morgan fingerprint density at radius 1 is 1.15 bits per heavy atom. The number of halogens is 3. The third-order valence-corrected chi connectivity index (χ3v) is 6.32. The Balaban J connectivity index is 1.72. The summed E-state index contributed by atoms with van der Waals surface area (Å²) in [5, 5.41) is 30.6. The van der Waals surface area contributed by atoms with Crippen LogP contribution in [-0.2, 0) is 6.18 Å². The van der Waals surface area contributed by atoms with Crippen LogP contribution in [0.5, 0.6) is 11.8 Å². The molecule has 8 heteroatoms. The van der Waals surface area contributed by atoms with E-state index in [1.807, 2.05) is 7.05 Å². The minimum atomic E-state index is -4.71. The fraction of sp³-hybridized carbons (Fsp3) is 0.421. The van der Waals surface area contributed by atoms with Crippen molar-refractivity contribution < 1.29 is 23.4 Å². The Hall–Kier alpha value is -2.66. The van der Waals surface area contributed by atoms with E-state index >= 15 is 0 Å². The van der Waals surface area contributed by atoms with E-state index in [2.05, 4.69) is 4.90 Å². The van der Waals surface area contributed by atoms with Gasteiger partial charge in [0.05, 0.1) is 22.9 Å². The van der Waals surface area contributed by atoms with Crippen molar-refractivity contribution in [3.63, 3.8) is 0 Å². The molecule has 0 spiro atoms. The van der Waals surface area contributed by atoms with Gasteiger partial charge in [0.2, 0.25) is 11.8 Å². The summed E-state index contributed by atoms with van der Waals surface area (Å²) in [6.07, 6.45) is -3.66. The summed E-state index contributed by atoms with van der Waals surface area (Å²) in [5.74, 6) is 0.550. The van der Waals surface area contributed by atoms with Crippen LogP contribution in [0.25, 0.3) is 5.69 Å². The lowest BCUT2D eigenvalue weighted by molar-refractivity contribution is -0.137. The molecule has 1 aromatic carbocycles. The lowest BCUT2D eigenvalue weighted by atomic mass is 9.77. The Bertz CT molecular complexity index is 1020. The Morgan fingerprint density at radius 2 is 1.85 bits per heavy atom. The number of aromatic nitrogens is 1. The van der Waals surface area contributed by atoms with Crippen LogP contribution in [0.4, 0.5) is 13.2 Å². The van der Waals surface area contributed by atoms with E-state index in [1.165, 1.54) is 12.1 Å². The van der Waals surface area contributed by atoms with Crippen LogP contribution in [0.1, 0.15) is 40.6 Å². The summed E-state index contributed by atoms with van der Waals surface area (Å²) in [6, 6.07) is 4.69. The molecule has 0 amide bonds. The van der Waals surface area contributed by atoms with E-state index in [0.29, 0.717) is 23.0 Å². The molecular weight excluding hydrogens is 359 g/mol. The van der Waals surface area contributed by atoms with Crippen molar-refractivity contribution in [2.24, 2.45) is 11.8 Å². The van der Waals surface area contributed by atoms with Crippen LogP contribution < -0.4 is 0 Å². The monoisotopic (exact) mass is 375 g/mol. The quantitative estimate of drug-likeness (QED) is 0.800.